The van der Waals surface area contributed by atoms with E-state index in [0.717, 1.165) is 24.8 Å². The van der Waals surface area contributed by atoms with Crippen LogP contribution in [0, 0.1) is 19.8 Å². The number of benzene rings is 1. The molecule has 17 heavy (non-hydrogen) atoms. The molecular weight excluding hydrogens is 210 g/mol. The van der Waals surface area contributed by atoms with E-state index >= 15 is 0 Å². The van der Waals surface area contributed by atoms with Gasteiger partial charge in [0.05, 0.1) is 6.61 Å². The molecule has 1 fully saturated rings. The summed E-state index contributed by atoms with van der Waals surface area (Å²) in [6, 6.07) is 4.93. The van der Waals surface area contributed by atoms with E-state index in [0.29, 0.717) is 6.04 Å². The Hall–Kier alpha value is -1.02. The van der Waals surface area contributed by atoms with Gasteiger partial charge in [-0.2, -0.15) is 0 Å². The molecule has 0 radical (unpaired) electrons. The standard InChI is InChI=1S/C15H23NO/c1-5-17-15-8-12(4)11(3)7-13(15)14-6-10(2)9-16-14/h7-8,10,14,16H,5-6,9H2,1-4H3/t10-,14-/m1/s1. The van der Waals surface area contributed by atoms with E-state index < -0.39 is 0 Å². The smallest absolute Gasteiger partial charge is 0.124 e. The first-order valence-electron chi connectivity index (χ1n) is 6.59. The molecule has 2 heteroatoms. The highest BCUT2D eigenvalue weighted by Gasteiger charge is 2.25. The van der Waals surface area contributed by atoms with Crippen molar-refractivity contribution in [3.63, 3.8) is 0 Å². The molecule has 2 rings (SSSR count). The van der Waals surface area contributed by atoms with E-state index in [1.54, 1.807) is 0 Å². The quantitative estimate of drug-likeness (QED) is 0.864. The summed E-state index contributed by atoms with van der Waals surface area (Å²) in [5, 5.41) is 3.59. The van der Waals surface area contributed by atoms with Crippen LogP contribution in [0.4, 0.5) is 0 Å². The zero-order valence-corrected chi connectivity index (χ0v) is 11.3. The molecule has 1 aliphatic rings. The fourth-order valence-electron chi connectivity index (χ4n) is 2.51. The Morgan fingerprint density at radius 3 is 2.59 bits per heavy atom. The van der Waals surface area contributed by atoms with Crippen molar-refractivity contribution < 1.29 is 4.74 Å². The first kappa shape index (κ1) is 12.4. The van der Waals surface area contributed by atoms with E-state index in [-0.39, 0.29) is 0 Å². The molecule has 0 bridgehead atoms. The summed E-state index contributed by atoms with van der Waals surface area (Å²) in [7, 11) is 0. The minimum absolute atomic E-state index is 0.464. The Bertz CT molecular complexity index is 400. The average Bonchev–Trinajstić information content (AvgIpc) is 2.70. The van der Waals surface area contributed by atoms with Crippen LogP contribution in [-0.2, 0) is 0 Å². The van der Waals surface area contributed by atoms with Gasteiger partial charge in [-0.05, 0) is 56.8 Å². The number of rotatable bonds is 3. The molecule has 1 aliphatic heterocycles. The lowest BCUT2D eigenvalue weighted by molar-refractivity contribution is 0.332. The van der Waals surface area contributed by atoms with Crippen LogP contribution in [0.1, 0.15) is 43.0 Å². The van der Waals surface area contributed by atoms with Crippen LogP contribution >= 0.6 is 0 Å². The van der Waals surface area contributed by atoms with Crippen molar-refractivity contribution >= 4 is 0 Å². The number of aryl methyl sites for hydroxylation is 2. The highest BCUT2D eigenvalue weighted by molar-refractivity contribution is 5.44. The summed E-state index contributed by atoms with van der Waals surface area (Å²) in [4.78, 5) is 0. The minimum Gasteiger partial charge on any atom is -0.494 e. The second kappa shape index (κ2) is 5.09. The van der Waals surface area contributed by atoms with Gasteiger partial charge in [0.1, 0.15) is 5.75 Å². The molecule has 0 aliphatic carbocycles. The van der Waals surface area contributed by atoms with Gasteiger partial charge in [0, 0.05) is 11.6 Å². The molecule has 1 heterocycles. The van der Waals surface area contributed by atoms with Crippen molar-refractivity contribution in [3.8, 4) is 5.75 Å². The maximum absolute atomic E-state index is 5.78. The maximum atomic E-state index is 5.78. The molecule has 0 saturated carbocycles. The second-order valence-corrected chi connectivity index (χ2v) is 5.21. The van der Waals surface area contributed by atoms with Crippen LogP contribution in [0.15, 0.2) is 12.1 Å². The first-order chi connectivity index (χ1) is 8.11. The van der Waals surface area contributed by atoms with Crippen molar-refractivity contribution in [2.75, 3.05) is 13.2 Å². The number of hydrogen-bond donors (Lipinski definition) is 1. The zero-order valence-electron chi connectivity index (χ0n) is 11.3. The maximum Gasteiger partial charge on any atom is 0.124 e. The summed E-state index contributed by atoms with van der Waals surface area (Å²) in [6.07, 6.45) is 1.21. The Labute approximate surface area is 104 Å². The molecule has 94 valence electrons. The Morgan fingerprint density at radius 2 is 2.00 bits per heavy atom. The Kier molecular flexibility index (Phi) is 3.72. The van der Waals surface area contributed by atoms with Gasteiger partial charge in [0.15, 0.2) is 0 Å². The molecule has 1 aromatic rings. The average molecular weight is 233 g/mol. The fraction of sp³-hybridized carbons (Fsp3) is 0.600. The molecule has 0 amide bonds. The van der Waals surface area contributed by atoms with Gasteiger partial charge in [-0.15, -0.1) is 0 Å². The van der Waals surface area contributed by atoms with Gasteiger partial charge < -0.3 is 10.1 Å². The minimum atomic E-state index is 0.464. The van der Waals surface area contributed by atoms with Gasteiger partial charge >= 0.3 is 0 Å². The fourth-order valence-corrected chi connectivity index (χ4v) is 2.51. The number of hydrogen-bond acceptors (Lipinski definition) is 2. The van der Waals surface area contributed by atoms with E-state index in [4.69, 9.17) is 4.74 Å². The van der Waals surface area contributed by atoms with Crippen LogP contribution in [0.2, 0.25) is 0 Å². The largest absolute Gasteiger partial charge is 0.494 e. The third-order valence-corrected chi connectivity index (χ3v) is 3.65. The molecule has 0 unspecified atom stereocenters. The monoisotopic (exact) mass is 233 g/mol. The van der Waals surface area contributed by atoms with Crippen molar-refractivity contribution in [2.45, 2.75) is 40.2 Å². The summed E-state index contributed by atoms with van der Waals surface area (Å²) >= 11 is 0. The molecule has 1 aromatic carbocycles. The summed E-state index contributed by atoms with van der Waals surface area (Å²) in [6.45, 7) is 10.5. The summed E-state index contributed by atoms with van der Waals surface area (Å²) in [5.74, 6) is 1.82. The van der Waals surface area contributed by atoms with Gasteiger partial charge in [-0.1, -0.05) is 13.0 Å². The number of nitrogens with one attached hydrogen (secondary N) is 1. The zero-order chi connectivity index (χ0) is 12.4. The van der Waals surface area contributed by atoms with Crippen LogP contribution < -0.4 is 10.1 Å². The molecule has 0 spiro atoms. The summed E-state index contributed by atoms with van der Waals surface area (Å²) in [5.41, 5.74) is 3.99. The lowest BCUT2D eigenvalue weighted by Gasteiger charge is -2.18. The lowest BCUT2D eigenvalue weighted by atomic mass is 9.96. The molecular formula is C15H23NO. The van der Waals surface area contributed by atoms with Gasteiger partial charge in [0.2, 0.25) is 0 Å². The second-order valence-electron chi connectivity index (χ2n) is 5.21. The predicted molar refractivity (Wildman–Crippen MR) is 71.6 cm³/mol. The number of ether oxygens (including phenoxy) is 1. The molecule has 1 saturated heterocycles. The molecule has 1 N–H and O–H groups in total. The van der Waals surface area contributed by atoms with E-state index in [1.807, 2.05) is 6.92 Å². The first-order valence-corrected chi connectivity index (χ1v) is 6.59. The van der Waals surface area contributed by atoms with Crippen molar-refractivity contribution in [1.82, 2.24) is 5.32 Å². The van der Waals surface area contributed by atoms with Crippen LogP contribution in [0.25, 0.3) is 0 Å². The molecule has 2 nitrogen and oxygen atoms in total. The van der Waals surface area contributed by atoms with Gasteiger partial charge in [-0.3, -0.25) is 0 Å². The Morgan fingerprint density at radius 1 is 1.29 bits per heavy atom. The molecule has 2 atom stereocenters. The Balaban J connectivity index is 2.33. The third kappa shape index (κ3) is 2.63. The highest BCUT2D eigenvalue weighted by Crippen LogP contribution is 2.34. The van der Waals surface area contributed by atoms with E-state index in [2.05, 4.69) is 38.2 Å². The van der Waals surface area contributed by atoms with Crippen LogP contribution in [-0.4, -0.2) is 13.2 Å². The van der Waals surface area contributed by atoms with Crippen LogP contribution in [0.5, 0.6) is 5.75 Å². The normalized spacial score (nSPS) is 24.0. The molecule has 0 aromatic heterocycles. The topological polar surface area (TPSA) is 21.3 Å². The van der Waals surface area contributed by atoms with Crippen molar-refractivity contribution in [3.05, 3.63) is 28.8 Å². The van der Waals surface area contributed by atoms with Crippen LogP contribution in [0.3, 0.4) is 0 Å². The summed E-state index contributed by atoms with van der Waals surface area (Å²) < 4.78 is 5.78. The third-order valence-electron chi connectivity index (χ3n) is 3.65. The van der Waals surface area contributed by atoms with E-state index in [9.17, 15) is 0 Å². The van der Waals surface area contributed by atoms with Gasteiger partial charge in [0.25, 0.3) is 0 Å². The van der Waals surface area contributed by atoms with E-state index in [1.165, 1.54) is 23.1 Å². The van der Waals surface area contributed by atoms with Crippen molar-refractivity contribution in [2.24, 2.45) is 5.92 Å². The van der Waals surface area contributed by atoms with Crippen molar-refractivity contribution in [1.29, 1.82) is 0 Å². The van der Waals surface area contributed by atoms with Gasteiger partial charge in [-0.25, -0.2) is 0 Å². The SMILES string of the molecule is CCOc1cc(C)c(C)cc1[C@H]1C[C@@H](C)CN1. The predicted octanol–water partition coefficient (Wildman–Crippen LogP) is 3.37. The lowest BCUT2D eigenvalue weighted by Crippen LogP contribution is -2.15. The highest BCUT2D eigenvalue weighted by atomic mass is 16.5.